The topological polar surface area (TPSA) is 24.9 Å². The smallest absolute Gasteiger partial charge is 0.288 e. The van der Waals surface area contributed by atoms with Gasteiger partial charge in [-0.1, -0.05) is 17.8 Å². The number of aromatic nitrogens is 1. The summed E-state index contributed by atoms with van der Waals surface area (Å²) in [7, 11) is 0. The molecule has 1 N–H and O–H groups in total. The molecule has 0 aliphatic heterocycles. The van der Waals surface area contributed by atoms with Crippen molar-refractivity contribution in [1.82, 2.24) is 4.98 Å². The highest BCUT2D eigenvalue weighted by Gasteiger charge is 2.04. The van der Waals surface area contributed by atoms with Crippen LogP contribution in [-0.2, 0) is 6.54 Å². The van der Waals surface area contributed by atoms with Crippen LogP contribution in [0.4, 0.5) is 14.5 Å². The summed E-state index contributed by atoms with van der Waals surface area (Å²) in [5.74, 6) is -2.38. The van der Waals surface area contributed by atoms with Crippen LogP contribution in [0.1, 0.15) is 5.69 Å². The molecule has 1 heterocycles. The van der Waals surface area contributed by atoms with E-state index in [-0.39, 0.29) is 0 Å². The van der Waals surface area contributed by atoms with Crippen LogP contribution in [-0.4, -0.2) is 10.7 Å². The molecule has 0 saturated heterocycles. The maximum atomic E-state index is 12.1. The predicted molar refractivity (Wildman–Crippen MR) is 69.9 cm³/mol. The van der Waals surface area contributed by atoms with E-state index in [9.17, 15) is 8.78 Å². The number of thioether (sulfide) groups is 1. The highest BCUT2D eigenvalue weighted by molar-refractivity contribution is 7.99. The number of benzene rings is 1. The van der Waals surface area contributed by atoms with Crippen molar-refractivity contribution in [1.29, 1.82) is 0 Å². The monoisotopic (exact) mass is 266 g/mol. The van der Waals surface area contributed by atoms with Crippen molar-refractivity contribution >= 4 is 17.4 Å². The summed E-state index contributed by atoms with van der Waals surface area (Å²) in [6, 6.07) is 12.6. The van der Waals surface area contributed by atoms with E-state index in [4.69, 9.17) is 0 Å². The van der Waals surface area contributed by atoms with E-state index in [0.29, 0.717) is 23.2 Å². The van der Waals surface area contributed by atoms with Crippen LogP contribution in [0, 0.1) is 0 Å². The van der Waals surface area contributed by atoms with E-state index in [2.05, 4.69) is 10.3 Å². The summed E-state index contributed by atoms with van der Waals surface area (Å²) in [4.78, 5) is 4.75. The second kappa shape index (κ2) is 6.35. The minimum Gasteiger partial charge on any atom is -0.379 e. The SMILES string of the molecule is FC(F)Sc1ccc(NCc2ccccn2)cc1. The Balaban J connectivity index is 1.90. The molecule has 0 amide bonds. The van der Waals surface area contributed by atoms with Gasteiger partial charge in [0, 0.05) is 16.8 Å². The Hall–Kier alpha value is -1.62. The summed E-state index contributed by atoms with van der Waals surface area (Å²) in [5, 5.41) is 3.18. The van der Waals surface area contributed by atoms with Gasteiger partial charge in [-0.15, -0.1) is 0 Å². The molecule has 0 radical (unpaired) electrons. The van der Waals surface area contributed by atoms with E-state index in [1.807, 2.05) is 18.2 Å². The highest BCUT2D eigenvalue weighted by atomic mass is 32.2. The highest BCUT2D eigenvalue weighted by Crippen LogP contribution is 2.26. The predicted octanol–water partition coefficient (Wildman–Crippen LogP) is 4.01. The van der Waals surface area contributed by atoms with Crippen LogP contribution in [0.15, 0.2) is 53.6 Å². The number of hydrogen-bond acceptors (Lipinski definition) is 3. The molecule has 2 rings (SSSR count). The molecule has 1 aromatic heterocycles. The van der Waals surface area contributed by atoms with Crippen molar-refractivity contribution in [3.63, 3.8) is 0 Å². The zero-order chi connectivity index (χ0) is 12.8. The van der Waals surface area contributed by atoms with Gasteiger partial charge in [0.15, 0.2) is 0 Å². The molecular formula is C13H12F2N2S. The summed E-state index contributed by atoms with van der Waals surface area (Å²) in [5.41, 5.74) is 1.82. The van der Waals surface area contributed by atoms with E-state index < -0.39 is 5.76 Å². The average Bonchev–Trinajstić information content (AvgIpc) is 2.38. The quantitative estimate of drug-likeness (QED) is 0.828. The lowest BCUT2D eigenvalue weighted by molar-refractivity contribution is 0.252. The number of hydrogen-bond donors (Lipinski definition) is 1. The minimum atomic E-state index is -2.38. The maximum absolute atomic E-state index is 12.1. The summed E-state index contributed by atoms with van der Waals surface area (Å²) in [6.45, 7) is 0.613. The largest absolute Gasteiger partial charge is 0.379 e. The molecule has 0 spiro atoms. The van der Waals surface area contributed by atoms with Gasteiger partial charge in [0.25, 0.3) is 5.76 Å². The normalized spacial score (nSPS) is 10.6. The van der Waals surface area contributed by atoms with Gasteiger partial charge in [-0.05, 0) is 36.4 Å². The Kier molecular flexibility index (Phi) is 4.52. The molecule has 0 atom stereocenters. The zero-order valence-corrected chi connectivity index (χ0v) is 10.3. The molecule has 5 heteroatoms. The van der Waals surface area contributed by atoms with Crippen molar-refractivity contribution in [2.24, 2.45) is 0 Å². The van der Waals surface area contributed by atoms with Crippen molar-refractivity contribution in [3.05, 3.63) is 54.4 Å². The third-order valence-electron chi connectivity index (χ3n) is 2.28. The lowest BCUT2D eigenvalue weighted by atomic mass is 10.3. The fourth-order valence-electron chi connectivity index (χ4n) is 1.45. The fourth-order valence-corrected chi connectivity index (χ4v) is 1.95. The number of anilines is 1. The molecule has 0 unspecified atom stereocenters. The Morgan fingerprint density at radius 2 is 1.89 bits per heavy atom. The lowest BCUT2D eigenvalue weighted by Gasteiger charge is -2.06. The van der Waals surface area contributed by atoms with Crippen LogP contribution in [0.2, 0.25) is 0 Å². The summed E-state index contributed by atoms with van der Waals surface area (Å²) < 4.78 is 24.3. The van der Waals surface area contributed by atoms with Crippen LogP contribution in [0.5, 0.6) is 0 Å². The third-order valence-corrected chi connectivity index (χ3v) is 3.00. The van der Waals surface area contributed by atoms with Crippen LogP contribution in [0.25, 0.3) is 0 Å². The van der Waals surface area contributed by atoms with Crippen molar-refractivity contribution in [2.75, 3.05) is 5.32 Å². The Morgan fingerprint density at radius 1 is 1.11 bits per heavy atom. The molecule has 94 valence electrons. The number of halogens is 2. The standard InChI is InChI=1S/C13H12F2N2S/c14-13(15)18-12-6-4-10(5-7-12)17-9-11-3-1-2-8-16-11/h1-8,13,17H,9H2. The van der Waals surface area contributed by atoms with Gasteiger partial charge < -0.3 is 5.32 Å². The number of nitrogens with one attached hydrogen (secondary N) is 1. The molecule has 0 saturated carbocycles. The number of alkyl halides is 2. The Bertz CT molecular complexity index is 474. The average molecular weight is 266 g/mol. The fraction of sp³-hybridized carbons (Fsp3) is 0.154. The van der Waals surface area contributed by atoms with Crippen LogP contribution in [0.3, 0.4) is 0 Å². The number of nitrogens with zero attached hydrogens (tertiary/aromatic N) is 1. The first kappa shape index (κ1) is 12.8. The third kappa shape index (κ3) is 4.00. The molecule has 0 aliphatic carbocycles. The summed E-state index contributed by atoms with van der Waals surface area (Å²) >= 11 is 0.548. The van der Waals surface area contributed by atoms with Gasteiger partial charge in [0.2, 0.25) is 0 Å². The Morgan fingerprint density at radius 3 is 2.50 bits per heavy atom. The van der Waals surface area contributed by atoms with Gasteiger partial charge >= 0.3 is 0 Å². The van der Waals surface area contributed by atoms with Gasteiger partial charge in [0.05, 0.1) is 12.2 Å². The van der Waals surface area contributed by atoms with Crippen LogP contribution >= 0.6 is 11.8 Å². The molecule has 2 nitrogen and oxygen atoms in total. The van der Waals surface area contributed by atoms with Gasteiger partial charge in [-0.3, -0.25) is 4.98 Å². The van der Waals surface area contributed by atoms with E-state index in [1.165, 1.54) is 0 Å². The van der Waals surface area contributed by atoms with Crippen LogP contribution < -0.4 is 5.32 Å². The molecule has 0 bridgehead atoms. The van der Waals surface area contributed by atoms with Crippen molar-refractivity contribution in [3.8, 4) is 0 Å². The van der Waals surface area contributed by atoms with E-state index >= 15 is 0 Å². The molecular weight excluding hydrogens is 254 g/mol. The van der Waals surface area contributed by atoms with Crippen molar-refractivity contribution in [2.45, 2.75) is 17.2 Å². The molecule has 0 fully saturated rings. The Labute approximate surface area is 108 Å². The maximum Gasteiger partial charge on any atom is 0.288 e. The molecule has 1 aromatic carbocycles. The number of rotatable bonds is 5. The van der Waals surface area contributed by atoms with Gasteiger partial charge in [0.1, 0.15) is 0 Å². The zero-order valence-electron chi connectivity index (χ0n) is 9.51. The lowest BCUT2D eigenvalue weighted by Crippen LogP contribution is -2.00. The van der Waals surface area contributed by atoms with Gasteiger partial charge in [-0.2, -0.15) is 8.78 Å². The van der Waals surface area contributed by atoms with E-state index in [0.717, 1.165) is 11.4 Å². The van der Waals surface area contributed by atoms with E-state index in [1.54, 1.807) is 30.5 Å². The molecule has 18 heavy (non-hydrogen) atoms. The number of pyridine rings is 1. The first-order valence-corrected chi connectivity index (χ1v) is 6.30. The van der Waals surface area contributed by atoms with Gasteiger partial charge in [-0.25, -0.2) is 0 Å². The second-order valence-electron chi connectivity index (χ2n) is 3.58. The first-order valence-electron chi connectivity index (χ1n) is 5.43. The van der Waals surface area contributed by atoms with Crippen molar-refractivity contribution < 1.29 is 8.78 Å². The minimum absolute atomic E-state index is 0.548. The summed E-state index contributed by atoms with van der Waals surface area (Å²) in [6.07, 6.45) is 1.74. The first-order chi connectivity index (χ1) is 8.74. The molecule has 2 aromatic rings. The second-order valence-corrected chi connectivity index (χ2v) is 4.64. The molecule has 0 aliphatic rings.